The second-order valence-electron chi connectivity index (χ2n) is 9.38. The number of phenols is 1. The van der Waals surface area contributed by atoms with Crippen molar-refractivity contribution in [3.05, 3.63) is 75.0 Å². The molecule has 1 fully saturated rings. The molecule has 3 aliphatic rings. The lowest BCUT2D eigenvalue weighted by atomic mass is 9.49. The number of nitrogens with zero attached hydrogens (tertiary/aromatic N) is 3. The van der Waals surface area contributed by atoms with Crippen LogP contribution in [0.2, 0.25) is 0 Å². The molecule has 2 heterocycles. The summed E-state index contributed by atoms with van der Waals surface area (Å²) in [5, 5.41) is 34.6. The predicted octanol–water partition coefficient (Wildman–Crippen LogP) is 2.88. The third-order valence-electron chi connectivity index (χ3n) is 7.94. The van der Waals surface area contributed by atoms with Gasteiger partial charge in [0.15, 0.2) is 0 Å². The number of phenolic OH excluding ortho intramolecular Hbond substituents is 1. The van der Waals surface area contributed by atoms with E-state index < -0.39 is 15.9 Å². The van der Waals surface area contributed by atoms with Crippen molar-refractivity contribution in [3.63, 3.8) is 0 Å². The van der Waals surface area contributed by atoms with Crippen LogP contribution in [0.25, 0.3) is 10.9 Å². The summed E-state index contributed by atoms with van der Waals surface area (Å²) in [6.07, 6.45) is 2.54. The maximum Gasteiger partial charge on any atom is 0.271 e. The summed E-state index contributed by atoms with van der Waals surface area (Å²) in [7, 11) is 2.07. The molecule has 31 heavy (non-hydrogen) atoms. The number of likely N-dealkylation sites (N-methyl/N-ethyl adjacent to an activating group) is 1. The van der Waals surface area contributed by atoms with E-state index in [1.807, 2.05) is 18.2 Å². The van der Waals surface area contributed by atoms with E-state index in [0.717, 1.165) is 41.6 Å². The number of piperidine rings is 1. The van der Waals surface area contributed by atoms with Crippen molar-refractivity contribution in [1.29, 1.82) is 0 Å². The van der Waals surface area contributed by atoms with E-state index in [9.17, 15) is 20.3 Å². The van der Waals surface area contributed by atoms with Crippen molar-refractivity contribution >= 4 is 16.6 Å². The van der Waals surface area contributed by atoms with Gasteiger partial charge in [-0.05, 0) is 67.4 Å². The Labute approximate surface area is 179 Å². The van der Waals surface area contributed by atoms with Crippen molar-refractivity contribution in [2.75, 3.05) is 13.6 Å². The van der Waals surface area contributed by atoms with Gasteiger partial charge in [-0.3, -0.25) is 15.1 Å². The molecule has 0 radical (unpaired) electrons. The third kappa shape index (κ3) is 2.38. The highest BCUT2D eigenvalue weighted by Crippen LogP contribution is 2.57. The number of pyridine rings is 1. The van der Waals surface area contributed by atoms with Crippen LogP contribution in [-0.4, -0.2) is 50.3 Å². The molecule has 0 unspecified atom stereocenters. The summed E-state index contributed by atoms with van der Waals surface area (Å²) in [5.41, 5.74) is 3.20. The summed E-state index contributed by atoms with van der Waals surface area (Å²) in [5.74, 6) is 0.209. The van der Waals surface area contributed by atoms with Crippen LogP contribution in [0, 0.1) is 10.1 Å². The molecule has 2 N–H and O–H groups in total. The zero-order valence-corrected chi connectivity index (χ0v) is 17.2. The number of aliphatic hydroxyl groups is 1. The minimum Gasteiger partial charge on any atom is -0.508 e. The number of likely N-dealkylation sites (tertiary alicyclic amines) is 1. The SMILES string of the molecule is CN1CC[C@]23Cc4nc5cc([N+](=O)[O-])ccc5cc4C[C@@]2(O)[C@H]1Cc1ccc(O)cc13. The highest BCUT2D eigenvalue weighted by Gasteiger charge is 2.64. The van der Waals surface area contributed by atoms with Gasteiger partial charge >= 0.3 is 0 Å². The number of nitro groups is 1. The van der Waals surface area contributed by atoms with E-state index in [-0.39, 0.29) is 17.5 Å². The van der Waals surface area contributed by atoms with Gasteiger partial charge in [-0.1, -0.05) is 6.07 Å². The Hall–Kier alpha value is -3.03. The van der Waals surface area contributed by atoms with Gasteiger partial charge in [-0.2, -0.15) is 0 Å². The Bertz CT molecular complexity index is 1280. The van der Waals surface area contributed by atoms with Gasteiger partial charge in [0.2, 0.25) is 0 Å². The molecule has 6 rings (SSSR count). The molecular weight excluding hydrogens is 394 g/mol. The van der Waals surface area contributed by atoms with Crippen LogP contribution >= 0.6 is 0 Å². The molecule has 1 aliphatic heterocycles. The summed E-state index contributed by atoms with van der Waals surface area (Å²) >= 11 is 0. The minimum absolute atomic E-state index is 0.0148. The molecule has 1 aromatic heterocycles. The number of rotatable bonds is 1. The summed E-state index contributed by atoms with van der Waals surface area (Å²) < 4.78 is 0. The maximum absolute atomic E-state index is 12.3. The highest BCUT2D eigenvalue weighted by atomic mass is 16.6. The Morgan fingerprint density at radius 2 is 2.00 bits per heavy atom. The van der Waals surface area contributed by atoms with Gasteiger partial charge in [0.1, 0.15) is 5.75 Å². The summed E-state index contributed by atoms with van der Waals surface area (Å²) in [4.78, 5) is 17.9. The van der Waals surface area contributed by atoms with Crippen LogP contribution in [0.5, 0.6) is 5.75 Å². The first-order valence-corrected chi connectivity index (χ1v) is 10.6. The molecule has 0 amide bonds. The molecule has 3 atom stereocenters. The number of hydrogen-bond donors (Lipinski definition) is 2. The fourth-order valence-electron chi connectivity index (χ4n) is 6.37. The van der Waals surface area contributed by atoms with E-state index >= 15 is 0 Å². The lowest BCUT2D eigenvalue weighted by Crippen LogP contribution is -2.73. The number of non-ortho nitro benzene ring substituents is 1. The quantitative estimate of drug-likeness (QED) is 0.467. The van der Waals surface area contributed by atoms with Crippen LogP contribution < -0.4 is 0 Å². The zero-order valence-electron chi connectivity index (χ0n) is 17.2. The summed E-state index contributed by atoms with van der Waals surface area (Å²) in [6.45, 7) is 0.858. The van der Waals surface area contributed by atoms with E-state index in [1.165, 1.54) is 17.7 Å². The van der Waals surface area contributed by atoms with Crippen LogP contribution in [0.15, 0.2) is 42.5 Å². The molecule has 2 aromatic carbocycles. The number of fused-ring (bicyclic) bond motifs is 3. The second-order valence-corrected chi connectivity index (χ2v) is 9.38. The number of aromatic hydroxyl groups is 1. The van der Waals surface area contributed by atoms with E-state index in [0.29, 0.717) is 18.4 Å². The highest BCUT2D eigenvalue weighted by molar-refractivity contribution is 5.82. The van der Waals surface area contributed by atoms with Gasteiger partial charge in [0.25, 0.3) is 5.69 Å². The molecule has 0 spiro atoms. The van der Waals surface area contributed by atoms with Gasteiger partial charge in [-0.25, -0.2) is 0 Å². The molecule has 7 nitrogen and oxygen atoms in total. The number of aromatic nitrogens is 1. The van der Waals surface area contributed by atoms with Gasteiger partial charge in [-0.15, -0.1) is 0 Å². The standard InChI is InChI=1S/C24H23N3O4/c1-26-7-6-23-13-21-16(8-15-2-4-17(27(30)31)10-20(15)25-21)12-24(23,29)22(26)9-14-3-5-18(28)11-19(14)23/h2-5,8,10-11,22,28-29H,6-7,9,12-13H2,1H3/t22-,23-,24-/m1/s1. The first-order chi connectivity index (χ1) is 14.8. The van der Waals surface area contributed by atoms with Crippen molar-refractivity contribution in [2.45, 2.75) is 42.7 Å². The molecule has 1 saturated heterocycles. The van der Waals surface area contributed by atoms with Crippen molar-refractivity contribution in [3.8, 4) is 5.75 Å². The van der Waals surface area contributed by atoms with Gasteiger partial charge in [0.05, 0.1) is 16.0 Å². The fourth-order valence-corrected chi connectivity index (χ4v) is 6.37. The molecule has 158 valence electrons. The van der Waals surface area contributed by atoms with Crippen molar-refractivity contribution in [2.24, 2.45) is 0 Å². The molecule has 2 bridgehead atoms. The Kier molecular flexibility index (Phi) is 3.63. The van der Waals surface area contributed by atoms with Gasteiger partial charge < -0.3 is 15.1 Å². The monoisotopic (exact) mass is 417 g/mol. The van der Waals surface area contributed by atoms with Crippen LogP contribution in [-0.2, 0) is 24.7 Å². The van der Waals surface area contributed by atoms with E-state index in [2.05, 4.69) is 11.9 Å². The number of benzene rings is 2. The number of hydrogen-bond acceptors (Lipinski definition) is 6. The molecular formula is C24H23N3O4. The molecule has 0 saturated carbocycles. The second kappa shape index (κ2) is 6.02. The predicted molar refractivity (Wildman–Crippen MR) is 115 cm³/mol. The van der Waals surface area contributed by atoms with Crippen LogP contribution in [0.1, 0.15) is 28.8 Å². The fraction of sp³-hybridized carbons (Fsp3) is 0.375. The lowest BCUT2D eigenvalue weighted by molar-refractivity contribution is -0.384. The average molecular weight is 417 g/mol. The van der Waals surface area contributed by atoms with Crippen molar-refractivity contribution in [1.82, 2.24) is 9.88 Å². The molecule has 7 heteroatoms. The first-order valence-electron chi connectivity index (χ1n) is 10.6. The van der Waals surface area contributed by atoms with Gasteiger partial charge in [0, 0.05) is 47.5 Å². The molecule has 2 aliphatic carbocycles. The Balaban J connectivity index is 1.58. The smallest absolute Gasteiger partial charge is 0.271 e. The normalized spacial score (nSPS) is 29.2. The largest absolute Gasteiger partial charge is 0.508 e. The van der Waals surface area contributed by atoms with Crippen molar-refractivity contribution < 1.29 is 15.1 Å². The Morgan fingerprint density at radius 3 is 2.81 bits per heavy atom. The average Bonchev–Trinajstić information content (AvgIpc) is 2.73. The van der Waals surface area contributed by atoms with E-state index in [1.54, 1.807) is 12.1 Å². The third-order valence-corrected chi connectivity index (χ3v) is 7.94. The maximum atomic E-state index is 12.3. The molecule has 3 aromatic rings. The Morgan fingerprint density at radius 1 is 1.16 bits per heavy atom. The van der Waals surface area contributed by atoms with Crippen LogP contribution in [0.3, 0.4) is 0 Å². The van der Waals surface area contributed by atoms with Crippen LogP contribution in [0.4, 0.5) is 5.69 Å². The first kappa shape index (κ1) is 18.7. The summed E-state index contributed by atoms with van der Waals surface area (Å²) in [6, 6.07) is 12.3. The zero-order chi connectivity index (χ0) is 21.5. The topological polar surface area (TPSA) is 99.7 Å². The minimum atomic E-state index is -0.968. The number of nitro benzene ring substituents is 1. The lowest BCUT2D eigenvalue weighted by Gasteiger charge is -2.63. The van der Waals surface area contributed by atoms with E-state index in [4.69, 9.17) is 4.98 Å².